The Balaban J connectivity index is 1.27. The van der Waals surface area contributed by atoms with Gasteiger partial charge in [0.15, 0.2) is 0 Å². The van der Waals surface area contributed by atoms with Crippen molar-refractivity contribution < 1.29 is 4.74 Å². The number of fused-ring (bicyclic) bond motifs is 3. The predicted molar refractivity (Wildman–Crippen MR) is 183 cm³/mol. The number of ether oxygens (including phenoxy) is 1. The van der Waals surface area contributed by atoms with Gasteiger partial charge in [-0.25, -0.2) is 4.98 Å². The van der Waals surface area contributed by atoms with Gasteiger partial charge in [-0.3, -0.25) is 4.57 Å². The second-order valence-electron chi connectivity index (χ2n) is 12.0. The molecule has 7 rings (SSSR count). The van der Waals surface area contributed by atoms with Crippen molar-refractivity contribution >= 4 is 44.6 Å². The lowest BCUT2D eigenvalue weighted by atomic mass is 9.86. The first kappa shape index (κ1) is 27.3. The molecule has 0 saturated carbocycles. The Bertz CT molecular complexity index is 2080. The van der Waals surface area contributed by atoms with E-state index in [1.165, 1.54) is 10.9 Å². The van der Waals surface area contributed by atoms with E-state index in [4.69, 9.17) is 4.74 Å². The zero-order valence-corrected chi connectivity index (χ0v) is 25.1. The molecule has 0 spiro atoms. The van der Waals surface area contributed by atoms with Gasteiger partial charge in [-0.1, -0.05) is 75.4 Å². The summed E-state index contributed by atoms with van der Waals surface area (Å²) in [7, 11) is 0. The molecule has 0 atom stereocenters. The third kappa shape index (κ3) is 5.48. The van der Waals surface area contributed by atoms with E-state index in [2.05, 4.69) is 120 Å². The summed E-state index contributed by atoms with van der Waals surface area (Å²) in [5.74, 6) is 2.41. The Labute approximate surface area is 257 Å². The van der Waals surface area contributed by atoms with Crippen LogP contribution < -0.4 is 15.4 Å². The average molecular weight is 575 g/mol. The van der Waals surface area contributed by atoms with Crippen molar-refractivity contribution in [2.45, 2.75) is 26.2 Å². The number of nitrogens with zero attached hydrogens (tertiary/aromatic N) is 2. The SMILES string of the molecule is CC(C)(C)c1cc(Nc2ccccc2Nc2ccccc2)cc(Oc2ccc3c4ccccc4n(-c4ccccn4)c3c2)c1. The molecule has 0 amide bonds. The summed E-state index contributed by atoms with van der Waals surface area (Å²) >= 11 is 0. The monoisotopic (exact) mass is 574 g/mol. The number of aromatic nitrogens is 2. The van der Waals surface area contributed by atoms with Crippen LogP contribution in [0.2, 0.25) is 0 Å². The molecule has 0 bridgehead atoms. The zero-order chi connectivity index (χ0) is 30.1. The van der Waals surface area contributed by atoms with Crippen molar-refractivity contribution in [2.75, 3.05) is 10.6 Å². The van der Waals surface area contributed by atoms with Crippen molar-refractivity contribution in [1.29, 1.82) is 0 Å². The van der Waals surface area contributed by atoms with E-state index in [1.54, 1.807) is 0 Å². The molecule has 0 fully saturated rings. The molecule has 0 aliphatic heterocycles. The normalized spacial score (nSPS) is 11.5. The minimum absolute atomic E-state index is 0.0764. The fourth-order valence-corrected chi connectivity index (χ4v) is 5.58. The maximum absolute atomic E-state index is 6.62. The van der Waals surface area contributed by atoms with Gasteiger partial charge in [-0.15, -0.1) is 0 Å². The molecule has 7 aromatic rings. The predicted octanol–water partition coefficient (Wildman–Crippen LogP) is 10.8. The lowest BCUT2D eigenvalue weighted by Crippen LogP contribution is -2.11. The van der Waals surface area contributed by atoms with Gasteiger partial charge in [0.05, 0.1) is 22.4 Å². The van der Waals surface area contributed by atoms with Crippen molar-refractivity contribution in [3.8, 4) is 17.3 Å². The summed E-state index contributed by atoms with van der Waals surface area (Å²) < 4.78 is 8.83. The van der Waals surface area contributed by atoms with Crippen LogP contribution in [0.5, 0.6) is 11.5 Å². The summed E-state index contributed by atoms with van der Waals surface area (Å²) in [5, 5.41) is 9.54. The maximum atomic E-state index is 6.62. The van der Waals surface area contributed by atoms with Gasteiger partial charge in [0, 0.05) is 40.5 Å². The minimum Gasteiger partial charge on any atom is -0.457 e. The molecule has 0 radical (unpaired) electrons. The summed E-state index contributed by atoms with van der Waals surface area (Å²) in [6.07, 6.45) is 1.83. The second-order valence-corrected chi connectivity index (χ2v) is 12.0. The van der Waals surface area contributed by atoms with E-state index >= 15 is 0 Å². The van der Waals surface area contributed by atoms with Crippen LogP contribution in [-0.2, 0) is 5.41 Å². The lowest BCUT2D eigenvalue weighted by molar-refractivity contribution is 0.479. The van der Waals surface area contributed by atoms with Crippen molar-refractivity contribution in [1.82, 2.24) is 9.55 Å². The number of hydrogen-bond acceptors (Lipinski definition) is 4. The molecule has 0 saturated heterocycles. The third-order valence-corrected chi connectivity index (χ3v) is 7.79. The van der Waals surface area contributed by atoms with Crippen molar-refractivity contribution in [2.24, 2.45) is 0 Å². The molecule has 44 heavy (non-hydrogen) atoms. The fourth-order valence-electron chi connectivity index (χ4n) is 5.58. The zero-order valence-electron chi connectivity index (χ0n) is 25.1. The molecule has 0 unspecified atom stereocenters. The van der Waals surface area contributed by atoms with Crippen LogP contribution in [0.4, 0.5) is 22.7 Å². The van der Waals surface area contributed by atoms with Crippen molar-refractivity contribution in [3.05, 3.63) is 145 Å². The Kier molecular flexibility index (Phi) is 6.99. The number of pyridine rings is 1. The molecular weight excluding hydrogens is 540 g/mol. The first-order valence-corrected chi connectivity index (χ1v) is 14.9. The number of benzene rings is 5. The lowest BCUT2D eigenvalue weighted by Gasteiger charge is -2.22. The van der Waals surface area contributed by atoms with E-state index in [0.717, 1.165) is 56.5 Å². The first-order chi connectivity index (χ1) is 21.4. The van der Waals surface area contributed by atoms with E-state index in [0.29, 0.717) is 0 Å². The first-order valence-electron chi connectivity index (χ1n) is 14.9. The third-order valence-electron chi connectivity index (χ3n) is 7.79. The number of rotatable bonds is 7. The molecule has 0 aliphatic rings. The molecule has 2 aromatic heterocycles. The van der Waals surface area contributed by atoms with Crippen LogP contribution in [0, 0.1) is 0 Å². The Morgan fingerprint density at radius 1 is 0.568 bits per heavy atom. The van der Waals surface area contributed by atoms with Crippen LogP contribution in [0.3, 0.4) is 0 Å². The summed E-state index contributed by atoms with van der Waals surface area (Å²) in [6.45, 7) is 6.66. The van der Waals surface area contributed by atoms with Gasteiger partial charge in [-0.05, 0) is 77.7 Å². The van der Waals surface area contributed by atoms with E-state index < -0.39 is 0 Å². The van der Waals surface area contributed by atoms with Gasteiger partial charge in [0.1, 0.15) is 17.3 Å². The summed E-state index contributed by atoms with van der Waals surface area (Å²) in [6, 6.07) is 45.6. The second kappa shape index (κ2) is 11.3. The molecule has 0 aliphatic carbocycles. The van der Waals surface area contributed by atoms with Gasteiger partial charge >= 0.3 is 0 Å². The standard InChI is InChI=1S/C39H34N4O/c1-39(2,3)27-23-29(42-35-17-9-8-16-34(35)41-28-13-5-4-6-14-28)25-31(24-27)44-30-20-21-33-32-15-7-10-18-36(32)43(37(33)26-30)38-19-11-12-22-40-38/h4-26,41-42H,1-3H3. The van der Waals surface area contributed by atoms with Crippen LogP contribution >= 0.6 is 0 Å². The van der Waals surface area contributed by atoms with Crippen LogP contribution in [0.15, 0.2) is 140 Å². The number of para-hydroxylation sites is 4. The van der Waals surface area contributed by atoms with Gasteiger partial charge in [0.25, 0.3) is 0 Å². The highest BCUT2D eigenvalue weighted by Crippen LogP contribution is 2.38. The van der Waals surface area contributed by atoms with Gasteiger partial charge in [0.2, 0.25) is 0 Å². The minimum atomic E-state index is -0.0764. The van der Waals surface area contributed by atoms with Crippen LogP contribution in [0.25, 0.3) is 27.6 Å². The molecule has 5 heteroatoms. The van der Waals surface area contributed by atoms with E-state index in [1.807, 2.05) is 60.8 Å². The summed E-state index contributed by atoms with van der Waals surface area (Å²) in [4.78, 5) is 4.67. The van der Waals surface area contributed by atoms with Crippen LogP contribution in [-0.4, -0.2) is 9.55 Å². The smallest absolute Gasteiger partial charge is 0.137 e. The molecule has 2 N–H and O–H groups in total. The van der Waals surface area contributed by atoms with E-state index in [-0.39, 0.29) is 5.41 Å². The molecule has 216 valence electrons. The fraction of sp³-hybridized carbons (Fsp3) is 0.103. The largest absolute Gasteiger partial charge is 0.457 e. The quantitative estimate of drug-likeness (QED) is 0.199. The Morgan fingerprint density at radius 2 is 1.25 bits per heavy atom. The summed E-state index contributed by atoms with van der Waals surface area (Å²) in [5.41, 5.74) is 7.23. The number of nitrogens with one attached hydrogen (secondary N) is 2. The highest BCUT2D eigenvalue weighted by Gasteiger charge is 2.18. The Morgan fingerprint density at radius 3 is 2.00 bits per heavy atom. The highest BCUT2D eigenvalue weighted by molar-refractivity contribution is 6.09. The molecule has 5 nitrogen and oxygen atoms in total. The van der Waals surface area contributed by atoms with Gasteiger partial charge in [-0.2, -0.15) is 0 Å². The topological polar surface area (TPSA) is 51.1 Å². The van der Waals surface area contributed by atoms with Gasteiger partial charge < -0.3 is 15.4 Å². The maximum Gasteiger partial charge on any atom is 0.137 e. The molecule has 5 aromatic carbocycles. The number of anilines is 4. The average Bonchev–Trinajstić information content (AvgIpc) is 3.36. The van der Waals surface area contributed by atoms with E-state index in [9.17, 15) is 0 Å². The molecule has 2 heterocycles. The highest BCUT2D eigenvalue weighted by atomic mass is 16.5. The van der Waals surface area contributed by atoms with Crippen LogP contribution in [0.1, 0.15) is 26.3 Å². The number of hydrogen-bond donors (Lipinski definition) is 2. The van der Waals surface area contributed by atoms with Crippen molar-refractivity contribution in [3.63, 3.8) is 0 Å². The molecular formula is C39H34N4O. The Hall–Kier alpha value is -5.55.